The average molecular weight is 474 g/mol. The van der Waals surface area contributed by atoms with Gasteiger partial charge in [0.1, 0.15) is 0 Å². The molecule has 146 valence electrons. The summed E-state index contributed by atoms with van der Waals surface area (Å²) in [5, 5.41) is 0.629. The molecule has 0 bridgehead atoms. The molecule has 1 atom stereocenters. The molecule has 2 aromatic carbocycles. The molecule has 27 heavy (non-hydrogen) atoms. The quantitative estimate of drug-likeness (QED) is 0.694. The highest BCUT2D eigenvalue weighted by Crippen LogP contribution is 2.29. The summed E-state index contributed by atoms with van der Waals surface area (Å²) in [4.78, 5) is 2.44. The number of rotatable bonds is 6. The molecule has 3 rings (SSSR count). The van der Waals surface area contributed by atoms with E-state index in [0.29, 0.717) is 22.7 Å². The van der Waals surface area contributed by atoms with Gasteiger partial charge in [-0.1, -0.05) is 35.9 Å². The maximum atomic E-state index is 12.9. The highest BCUT2D eigenvalue weighted by molar-refractivity contribution is 9.10. The van der Waals surface area contributed by atoms with Crippen LogP contribution in [-0.2, 0) is 14.8 Å². The van der Waals surface area contributed by atoms with E-state index in [2.05, 4.69) is 25.6 Å². The van der Waals surface area contributed by atoms with Gasteiger partial charge in [-0.2, -0.15) is 0 Å². The molecular weight excluding hydrogens is 452 g/mol. The number of nitrogens with one attached hydrogen (secondary N) is 1. The minimum Gasteiger partial charge on any atom is -0.379 e. The second-order valence-corrected chi connectivity index (χ2v) is 9.47. The summed E-state index contributed by atoms with van der Waals surface area (Å²) in [6, 6.07) is 12.6. The van der Waals surface area contributed by atoms with Crippen molar-refractivity contribution in [3.8, 4) is 0 Å². The molecule has 1 heterocycles. The summed E-state index contributed by atoms with van der Waals surface area (Å²) in [5.74, 6) is 0. The van der Waals surface area contributed by atoms with Crippen LogP contribution in [0.3, 0.4) is 0 Å². The van der Waals surface area contributed by atoms with Crippen molar-refractivity contribution in [3.05, 3.63) is 63.1 Å². The van der Waals surface area contributed by atoms with Crippen LogP contribution in [0, 0.1) is 6.92 Å². The molecule has 8 heteroatoms. The predicted octanol–water partition coefficient (Wildman–Crippen LogP) is 3.76. The van der Waals surface area contributed by atoms with E-state index in [-0.39, 0.29) is 17.5 Å². The molecule has 2 aromatic rings. The van der Waals surface area contributed by atoms with Crippen LogP contribution >= 0.6 is 27.5 Å². The minimum atomic E-state index is -3.66. The van der Waals surface area contributed by atoms with Gasteiger partial charge in [-0.05, 0) is 52.2 Å². The number of nitrogens with zero attached hydrogens (tertiary/aromatic N) is 1. The number of hydrogen-bond donors (Lipinski definition) is 1. The first-order chi connectivity index (χ1) is 12.9. The lowest BCUT2D eigenvalue weighted by atomic mass is 10.0. The van der Waals surface area contributed by atoms with Crippen LogP contribution in [0.1, 0.15) is 17.2 Å². The second kappa shape index (κ2) is 9.03. The van der Waals surface area contributed by atoms with Crippen LogP contribution in [0.25, 0.3) is 0 Å². The number of aryl methyl sites for hydroxylation is 1. The fourth-order valence-corrected chi connectivity index (χ4v) is 5.65. The molecule has 0 radical (unpaired) electrons. The van der Waals surface area contributed by atoms with E-state index in [1.54, 1.807) is 18.2 Å². The first-order valence-corrected chi connectivity index (χ1v) is 11.4. The Kier molecular flexibility index (Phi) is 6.94. The van der Waals surface area contributed by atoms with E-state index in [0.717, 1.165) is 24.2 Å². The molecule has 1 fully saturated rings. The SMILES string of the molecule is Cc1ccc(S(=O)(=O)NC[C@H](c2ccccc2Cl)N2CCOCC2)c(Br)c1. The van der Waals surface area contributed by atoms with Gasteiger partial charge in [0.15, 0.2) is 0 Å². The lowest BCUT2D eigenvalue weighted by molar-refractivity contribution is 0.0172. The number of ether oxygens (including phenoxy) is 1. The van der Waals surface area contributed by atoms with Gasteiger partial charge in [0.25, 0.3) is 0 Å². The molecule has 1 aliphatic heterocycles. The van der Waals surface area contributed by atoms with Crippen LogP contribution in [-0.4, -0.2) is 46.2 Å². The fourth-order valence-electron chi connectivity index (χ4n) is 3.16. The zero-order valence-electron chi connectivity index (χ0n) is 15.0. The highest BCUT2D eigenvalue weighted by atomic mass is 79.9. The van der Waals surface area contributed by atoms with Gasteiger partial charge < -0.3 is 4.74 Å². The lowest BCUT2D eigenvalue weighted by Crippen LogP contribution is -2.44. The molecule has 0 aliphatic carbocycles. The van der Waals surface area contributed by atoms with Crippen molar-refractivity contribution in [2.24, 2.45) is 0 Å². The molecule has 5 nitrogen and oxygen atoms in total. The Labute approximate surface area is 173 Å². The van der Waals surface area contributed by atoms with E-state index >= 15 is 0 Å². The highest BCUT2D eigenvalue weighted by Gasteiger charge is 2.27. The minimum absolute atomic E-state index is 0.165. The summed E-state index contributed by atoms with van der Waals surface area (Å²) in [5.41, 5.74) is 1.90. The second-order valence-electron chi connectivity index (χ2n) is 6.47. The van der Waals surface area contributed by atoms with Crippen molar-refractivity contribution >= 4 is 37.6 Å². The largest absolute Gasteiger partial charge is 0.379 e. The van der Waals surface area contributed by atoms with Gasteiger partial charge in [0, 0.05) is 35.2 Å². The van der Waals surface area contributed by atoms with Crippen LogP contribution in [0.15, 0.2) is 51.8 Å². The molecule has 0 aromatic heterocycles. The van der Waals surface area contributed by atoms with Crippen LogP contribution in [0.5, 0.6) is 0 Å². The van der Waals surface area contributed by atoms with Gasteiger partial charge in [-0.3, -0.25) is 4.90 Å². The Bertz CT molecular complexity index is 902. The number of sulfonamides is 1. The smallest absolute Gasteiger partial charge is 0.241 e. The Hall–Kier alpha value is -0.960. The Balaban J connectivity index is 1.85. The van der Waals surface area contributed by atoms with E-state index in [4.69, 9.17) is 16.3 Å². The maximum absolute atomic E-state index is 12.9. The molecular formula is C19H22BrClN2O3S. The average Bonchev–Trinajstić information content (AvgIpc) is 2.64. The third kappa shape index (κ3) is 5.10. The summed E-state index contributed by atoms with van der Waals surface area (Å²) < 4.78 is 34.5. The van der Waals surface area contributed by atoms with Gasteiger partial charge in [-0.25, -0.2) is 13.1 Å². The van der Waals surface area contributed by atoms with Gasteiger partial charge in [0.05, 0.1) is 18.1 Å². The fraction of sp³-hybridized carbons (Fsp3) is 0.368. The molecule has 1 saturated heterocycles. The van der Waals surface area contributed by atoms with Crippen LogP contribution in [0.2, 0.25) is 5.02 Å². The molecule has 1 N–H and O–H groups in total. The summed E-state index contributed by atoms with van der Waals surface area (Å²) >= 11 is 9.76. The molecule has 0 unspecified atom stereocenters. The maximum Gasteiger partial charge on any atom is 0.241 e. The summed E-state index contributed by atoms with van der Waals surface area (Å²) in [6.45, 7) is 4.85. The normalized spacial score (nSPS) is 17.0. The third-order valence-electron chi connectivity index (χ3n) is 4.59. The van der Waals surface area contributed by atoms with Gasteiger partial charge >= 0.3 is 0 Å². The van der Waals surface area contributed by atoms with Crippen molar-refractivity contribution < 1.29 is 13.2 Å². The van der Waals surface area contributed by atoms with Crippen molar-refractivity contribution in [3.63, 3.8) is 0 Å². The van der Waals surface area contributed by atoms with Gasteiger partial charge in [-0.15, -0.1) is 0 Å². The third-order valence-corrected chi connectivity index (χ3v) is 7.34. The zero-order valence-corrected chi connectivity index (χ0v) is 18.1. The van der Waals surface area contributed by atoms with Crippen molar-refractivity contribution in [1.82, 2.24) is 9.62 Å². The number of hydrogen-bond acceptors (Lipinski definition) is 4. The van der Waals surface area contributed by atoms with E-state index in [9.17, 15) is 8.42 Å². The Morgan fingerprint density at radius 2 is 1.93 bits per heavy atom. The van der Waals surface area contributed by atoms with E-state index in [1.165, 1.54) is 0 Å². The number of morpholine rings is 1. The Morgan fingerprint density at radius 3 is 2.59 bits per heavy atom. The number of halogens is 2. The Morgan fingerprint density at radius 1 is 1.22 bits per heavy atom. The van der Waals surface area contributed by atoms with Crippen molar-refractivity contribution in [1.29, 1.82) is 0 Å². The standard InChI is InChI=1S/C19H22BrClN2O3S/c1-14-6-7-19(16(20)12-14)27(24,25)22-13-18(23-8-10-26-11-9-23)15-4-2-3-5-17(15)21/h2-7,12,18,22H,8-11,13H2,1H3/t18-/m1/s1. The molecule has 0 saturated carbocycles. The van der Waals surface area contributed by atoms with E-state index in [1.807, 2.05) is 31.2 Å². The van der Waals surface area contributed by atoms with Crippen LogP contribution < -0.4 is 4.72 Å². The first-order valence-electron chi connectivity index (χ1n) is 8.70. The van der Waals surface area contributed by atoms with Crippen LogP contribution in [0.4, 0.5) is 0 Å². The van der Waals surface area contributed by atoms with E-state index < -0.39 is 10.0 Å². The first kappa shape index (κ1) is 20.8. The van der Waals surface area contributed by atoms with Gasteiger partial charge in [0.2, 0.25) is 10.0 Å². The number of benzene rings is 2. The predicted molar refractivity (Wildman–Crippen MR) is 111 cm³/mol. The zero-order chi connectivity index (χ0) is 19.4. The lowest BCUT2D eigenvalue weighted by Gasteiger charge is -2.35. The molecule has 0 amide bonds. The molecule has 1 aliphatic rings. The van der Waals surface area contributed by atoms with Crippen molar-refractivity contribution in [2.45, 2.75) is 17.9 Å². The topological polar surface area (TPSA) is 58.6 Å². The molecule has 0 spiro atoms. The van der Waals surface area contributed by atoms with Crippen molar-refractivity contribution in [2.75, 3.05) is 32.8 Å². The monoisotopic (exact) mass is 472 g/mol. The summed E-state index contributed by atoms with van der Waals surface area (Å²) in [6.07, 6.45) is 0. The summed E-state index contributed by atoms with van der Waals surface area (Å²) in [7, 11) is -3.66.